The van der Waals surface area contributed by atoms with Gasteiger partial charge in [-0.05, 0) is 51.0 Å². The molecule has 0 heterocycles. The average molecular weight is 289 g/mol. The maximum atomic E-state index is 12.7. The van der Waals surface area contributed by atoms with Gasteiger partial charge in [-0.15, -0.1) is 0 Å². The van der Waals surface area contributed by atoms with Crippen LogP contribution in [0.15, 0.2) is 0 Å². The number of rotatable bonds is 6. The highest BCUT2D eigenvalue weighted by molar-refractivity contribution is 7.92. The van der Waals surface area contributed by atoms with E-state index in [1.54, 1.807) is 0 Å². The van der Waals surface area contributed by atoms with Crippen LogP contribution in [0, 0.1) is 5.41 Å². The Morgan fingerprint density at radius 3 is 2.47 bits per heavy atom. The van der Waals surface area contributed by atoms with Gasteiger partial charge in [0.1, 0.15) is 0 Å². The first-order chi connectivity index (χ1) is 8.74. The third-order valence-corrected chi connectivity index (χ3v) is 7.34. The van der Waals surface area contributed by atoms with Crippen LogP contribution in [0.3, 0.4) is 0 Å². The third-order valence-electron chi connectivity index (χ3n) is 4.55. The van der Waals surface area contributed by atoms with E-state index >= 15 is 0 Å². The van der Waals surface area contributed by atoms with E-state index < -0.39 is 9.84 Å². The molecule has 114 valence electrons. The first kappa shape index (κ1) is 17.0. The zero-order valence-electron chi connectivity index (χ0n) is 13.2. The van der Waals surface area contributed by atoms with Crippen molar-refractivity contribution < 1.29 is 8.42 Å². The standard InChI is InChI=1S/C15H31NO2S/c1-6-10-16-13-8-9-15(4,5)11-14(13)19(17,18)12(3)7-2/h12-14,16H,6-11H2,1-5H3. The van der Waals surface area contributed by atoms with Crippen molar-refractivity contribution in [3.63, 3.8) is 0 Å². The van der Waals surface area contributed by atoms with Gasteiger partial charge >= 0.3 is 0 Å². The second kappa shape index (κ2) is 6.57. The Labute approximate surface area is 119 Å². The maximum Gasteiger partial charge on any atom is 0.157 e. The summed E-state index contributed by atoms with van der Waals surface area (Å²) >= 11 is 0. The SMILES string of the molecule is CCCNC1CCC(C)(C)CC1S(=O)(=O)C(C)CC. The molecule has 0 aromatic carbocycles. The van der Waals surface area contributed by atoms with E-state index in [9.17, 15) is 8.42 Å². The Morgan fingerprint density at radius 1 is 1.32 bits per heavy atom. The van der Waals surface area contributed by atoms with Gasteiger partial charge in [0.2, 0.25) is 0 Å². The van der Waals surface area contributed by atoms with Gasteiger partial charge in [-0.2, -0.15) is 0 Å². The predicted molar refractivity (Wildman–Crippen MR) is 82.2 cm³/mol. The Kier molecular flexibility index (Phi) is 5.87. The molecule has 1 aliphatic rings. The number of hydrogen-bond acceptors (Lipinski definition) is 3. The van der Waals surface area contributed by atoms with Gasteiger partial charge in [0.15, 0.2) is 9.84 Å². The van der Waals surface area contributed by atoms with Gasteiger partial charge in [0.05, 0.1) is 10.5 Å². The maximum absolute atomic E-state index is 12.7. The largest absolute Gasteiger partial charge is 0.313 e. The molecule has 4 heteroatoms. The minimum Gasteiger partial charge on any atom is -0.313 e. The van der Waals surface area contributed by atoms with Crippen LogP contribution < -0.4 is 5.32 Å². The Bertz CT molecular complexity index is 376. The van der Waals surface area contributed by atoms with E-state index in [-0.39, 0.29) is 22.0 Å². The monoisotopic (exact) mass is 289 g/mol. The molecule has 1 fully saturated rings. The number of sulfone groups is 1. The topological polar surface area (TPSA) is 46.2 Å². The lowest BCUT2D eigenvalue weighted by Crippen LogP contribution is -2.52. The zero-order chi connectivity index (χ0) is 14.7. The third kappa shape index (κ3) is 4.19. The van der Waals surface area contributed by atoms with Crippen LogP contribution >= 0.6 is 0 Å². The fourth-order valence-corrected chi connectivity index (χ4v) is 5.40. The number of nitrogens with one attached hydrogen (secondary N) is 1. The molecule has 1 saturated carbocycles. The van der Waals surface area contributed by atoms with Crippen LogP contribution in [0.5, 0.6) is 0 Å². The molecule has 0 spiro atoms. The van der Waals surface area contributed by atoms with E-state index in [2.05, 4.69) is 26.1 Å². The summed E-state index contributed by atoms with van der Waals surface area (Å²) < 4.78 is 25.5. The van der Waals surface area contributed by atoms with Gasteiger partial charge in [0.25, 0.3) is 0 Å². The van der Waals surface area contributed by atoms with Crippen molar-refractivity contribution in [3.8, 4) is 0 Å². The van der Waals surface area contributed by atoms with Crippen molar-refractivity contribution >= 4 is 9.84 Å². The van der Waals surface area contributed by atoms with Crippen LogP contribution in [0.4, 0.5) is 0 Å². The molecule has 19 heavy (non-hydrogen) atoms. The minimum absolute atomic E-state index is 0.145. The summed E-state index contributed by atoms with van der Waals surface area (Å²) in [6.45, 7) is 11.2. The minimum atomic E-state index is -3.03. The van der Waals surface area contributed by atoms with Crippen LogP contribution in [0.2, 0.25) is 0 Å². The summed E-state index contributed by atoms with van der Waals surface area (Å²) in [4.78, 5) is 0. The van der Waals surface area contributed by atoms with Crippen molar-refractivity contribution in [1.29, 1.82) is 0 Å². The van der Waals surface area contributed by atoms with Crippen molar-refractivity contribution in [3.05, 3.63) is 0 Å². The quantitative estimate of drug-likeness (QED) is 0.817. The molecule has 1 rings (SSSR count). The first-order valence-electron chi connectivity index (χ1n) is 7.70. The molecule has 0 amide bonds. The molecule has 1 aliphatic carbocycles. The van der Waals surface area contributed by atoms with Gasteiger partial charge in [-0.25, -0.2) is 8.42 Å². The molecular formula is C15H31NO2S. The highest BCUT2D eigenvalue weighted by Gasteiger charge is 2.43. The highest BCUT2D eigenvalue weighted by Crippen LogP contribution is 2.39. The van der Waals surface area contributed by atoms with Crippen LogP contribution in [-0.4, -0.2) is 31.5 Å². The Balaban J connectivity index is 2.94. The fraction of sp³-hybridized carbons (Fsp3) is 1.00. The van der Waals surface area contributed by atoms with E-state index in [0.29, 0.717) is 6.42 Å². The predicted octanol–water partition coefficient (Wildman–Crippen LogP) is 3.15. The van der Waals surface area contributed by atoms with E-state index in [1.807, 2.05) is 13.8 Å². The summed E-state index contributed by atoms with van der Waals surface area (Å²) in [6.07, 6.45) is 4.64. The summed E-state index contributed by atoms with van der Waals surface area (Å²) in [6, 6.07) is 0.145. The summed E-state index contributed by atoms with van der Waals surface area (Å²) in [5.41, 5.74) is 0.148. The van der Waals surface area contributed by atoms with E-state index in [0.717, 1.165) is 32.2 Å². The summed E-state index contributed by atoms with van der Waals surface area (Å²) in [5, 5.41) is 3.03. The lowest BCUT2D eigenvalue weighted by Gasteiger charge is -2.41. The van der Waals surface area contributed by atoms with Crippen LogP contribution in [0.25, 0.3) is 0 Å². The van der Waals surface area contributed by atoms with Crippen molar-refractivity contribution in [2.24, 2.45) is 5.41 Å². The lowest BCUT2D eigenvalue weighted by molar-refractivity contribution is 0.208. The summed E-state index contributed by atoms with van der Waals surface area (Å²) in [7, 11) is -3.03. The molecule has 0 radical (unpaired) electrons. The zero-order valence-corrected chi connectivity index (χ0v) is 14.0. The molecule has 3 unspecified atom stereocenters. The normalized spacial score (nSPS) is 29.1. The second-order valence-electron chi connectivity index (χ2n) is 6.81. The molecule has 0 bridgehead atoms. The van der Waals surface area contributed by atoms with Crippen LogP contribution in [-0.2, 0) is 9.84 Å². The van der Waals surface area contributed by atoms with Crippen LogP contribution in [0.1, 0.15) is 66.7 Å². The summed E-state index contributed by atoms with van der Waals surface area (Å²) in [5.74, 6) is 0. The first-order valence-corrected chi connectivity index (χ1v) is 9.31. The molecule has 0 aromatic rings. The Hall–Kier alpha value is -0.0900. The molecule has 0 saturated heterocycles. The van der Waals surface area contributed by atoms with Gasteiger partial charge in [-0.1, -0.05) is 27.7 Å². The molecular weight excluding hydrogens is 258 g/mol. The van der Waals surface area contributed by atoms with Gasteiger partial charge in [0, 0.05) is 6.04 Å². The highest BCUT2D eigenvalue weighted by atomic mass is 32.2. The second-order valence-corrected chi connectivity index (χ2v) is 9.40. The lowest BCUT2D eigenvalue weighted by atomic mass is 9.75. The molecule has 3 atom stereocenters. The number of hydrogen-bond donors (Lipinski definition) is 1. The van der Waals surface area contributed by atoms with E-state index in [1.165, 1.54) is 0 Å². The van der Waals surface area contributed by atoms with Crippen molar-refractivity contribution in [1.82, 2.24) is 5.32 Å². The molecule has 1 N–H and O–H groups in total. The average Bonchev–Trinajstić information content (AvgIpc) is 2.35. The Morgan fingerprint density at radius 2 is 1.95 bits per heavy atom. The van der Waals surface area contributed by atoms with Crippen molar-refractivity contribution in [2.45, 2.75) is 83.3 Å². The smallest absolute Gasteiger partial charge is 0.157 e. The molecule has 0 aromatic heterocycles. The molecule has 3 nitrogen and oxygen atoms in total. The van der Waals surface area contributed by atoms with Crippen molar-refractivity contribution in [2.75, 3.05) is 6.54 Å². The molecule has 0 aliphatic heterocycles. The van der Waals surface area contributed by atoms with Gasteiger partial charge in [-0.3, -0.25) is 0 Å². The van der Waals surface area contributed by atoms with E-state index in [4.69, 9.17) is 0 Å². The van der Waals surface area contributed by atoms with Gasteiger partial charge < -0.3 is 5.32 Å². The fourth-order valence-electron chi connectivity index (χ4n) is 2.96.